The Labute approximate surface area is 103 Å². The Morgan fingerprint density at radius 3 is 2.88 bits per heavy atom. The molecular weight excluding hydrogens is 247 g/mol. The van der Waals surface area contributed by atoms with Crippen LogP contribution < -0.4 is 5.32 Å². The van der Waals surface area contributed by atoms with Gasteiger partial charge in [0.15, 0.2) is 0 Å². The van der Waals surface area contributed by atoms with Gasteiger partial charge in [0.2, 0.25) is 0 Å². The highest BCUT2D eigenvalue weighted by molar-refractivity contribution is 6.45. The molecule has 2 N–H and O–H groups in total. The van der Waals surface area contributed by atoms with Crippen LogP contribution in [-0.4, -0.2) is 17.4 Å². The van der Waals surface area contributed by atoms with Gasteiger partial charge in [-0.25, -0.2) is 0 Å². The van der Waals surface area contributed by atoms with Gasteiger partial charge in [0.25, 0.3) is 5.91 Å². The van der Waals surface area contributed by atoms with Crippen molar-refractivity contribution in [1.82, 2.24) is 10.3 Å². The zero-order valence-corrected chi connectivity index (χ0v) is 10.1. The van der Waals surface area contributed by atoms with Crippen LogP contribution in [0.25, 0.3) is 10.9 Å². The minimum atomic E-state index is -0.147. The van der Waals surface area contributed by atoms with Crippen molar-refractivity contribution in [2.45, 2.75) is 6.92 Å². The summed E-state index contributed by atoms with van der Waals surface area (Å²) in [6.07, 6.45) is 0. The third-order valence-corrected chi connectivity index (χ3v) is 3.07. The second-order valence-corrected chi connectivity index (χ2v) is 4.15. The first-order valence-electron chi connectivity index (χ1n) is 4.88. The van der Waals surface area contributed by atoms with E-state index in [0.29, 0.717) is 27.8 Å². The van der Waals surface area contributed by atoms with E-state index in [1.807, 2.05) is 13.0 Å². The minimum absolute atomic E-state index is 0.147. The van der Waals surface area contributed by atoms with Crippen LogP contribution in [-0.2, 0) is 0 Å². The number of aromatic amines is 1. The lowest BCUT2D eigenvalue weighted by atomic mass is 10.2. The van der Waals surface area contributed by atoms with Gasteiger partial charge in [0.1, 0.15) is 5.69 Å². The molecule has 0 bridgehead atoms. The molecule has 0 saturated carbocycles. The maximum Gasteiger partial charge on any atom is 0.267 e. The molecule has 16 heavy (non-hydrogen) atoms. The van der Waals surface area contributed by atoms with E-state index >= 15 is 0 Å². The molecule has 3 nitrogen and oxygen atoms in total. The average Bonchev–Trinajstić information content (AvgIpc) is 2.69. The largest absolute Gasteiger partial charge is 0.351 e. The van der Waals surface area contributed by atoms with Crippen molar-refractivity contribution in [3.05, 3.63) is 33.9 Å². The summed E-state index contributed by atoms with van der Waals surface area (Å²) in [5, 5.41) is 4.49. The van der Waals surface area contributed by atoms with Gasteiger partial charge >= 0.3 is 0 Å². The Morgan fingerprint density at radius 1 is 1.44 bits per heavy atom. The van der Waals surface area contributed by atoms with Crippen molar-refractivity contribution in [2.75, 3.05) is 6.54 Å². The Morgan fingerprint density at radius 2 is 2.19 bits per heavy atom. The van der Waals surface area contributed by atoms with Crippen molar-refractivity contribution in [3.8, 4) is 0 Å². The Bertz CT molecular complexity index is 548. The molecule has 1 aromatic carbocycles. The lowest BCUT2D eigenvalue weighted by molar-refractivity contribution is 0.0951. The smallest absolute Gasteiger partial charge is 0.267 e. The molecule has 1 amide bonds. The maximum absolute atomic E-state index is 11.6. The molecule has 2 aromatic rings. The highest BCUT2D eigenvalue weighted by Crippen LogP contribution is 2.30. The van der Waals surface area contributed by atoms with Crippen LogP contribution in [0.2, 0.25) is 10.0 Å². The average molecular weight is 257 g/mol. The van der Waals surface area contributed by atoms with E-state index in [1.165, 1.54) is 0 Å². The van der Waals surface area contributed by atoms with Crippen LogP contribution in [0.4, 0.5) is 0 Å². The SMILES string of the molecule is CCNC(=O)c1cc2ccc(Cl)c(Cl)c2[nH]1. The standard InChI is InChI=1S/C11H10Cl2N2O/c1-2-14-11(16)8-5-6-3-4-7(12)9(13)10(6)15-8/h3-5,15H,2H2,1H3,(H,14,16). The number of rotatable bonds is 2. The lowest BCUT2D eigenvalue weighted by Gasteiger charge is -1.98. The molecule has 0 unspecified atom stereocenters. The summed E-state index contributed by atoms with van der Waals surface area (Å²) in [5.74, 6) is -0.147. The van der Waals surface area contributed by atoms with E-state index < -0.39 is 0 Å². The van der Waals surface area contributed by atoms with Crippen LogP contribution in [0.3, 0.4) is 0 Å². The highest BCUT2D eigenvalue weighted by atomic mass is 35.5. The first kappa shape index (κ1) is 11.3. The van der Waals surface area contributed by atoms with Crippen molar-refractivity contribution >= 4 is 40.0 Å². The fraction of sp³-hybridized carbons (Fsp3) is 0.182. The van der Waals surface area contributed by atoms with Crippen molar-refractivity contribution < 1.29 is 4.79 Å². The summed E-state index contributed by atoms with van der Waals surface area (Å²) in [7, 11) is 0. The highest BCUT2D eigenvalue weighted by Gasteiger charge is 2.11. The summed E-state index contributed by atoms with van der Waals surface area (Å²) < 4.78 is 0. The first-order valence-corrected chi connectivity index (χ1v) is 5.64. The van der Waals surface area contributed by atoms with E-state index in [9.17, 15) is 4.79 Å². The number of benzene rings is 1. The third kappa shape index (κ3) is 1.88. The van der Waals surface area contributed by atoms with Gasteiger partial charge in [-0.15, -0.1) is 0 Å². The molecule has 0 aliphatic rings. The molecule has 0 atom stereocenters. The number of hydrogen-bond acceptors (Lipinski definition) is 1. The first-order chi connectivity index (χ1) is 7.63. The number of carbonyl (C=O) groups excluding carboxylic acids is 1. The zero-order valence-electron chi connectivity index (χ0n) is 8.60. The normalized spacial score (nSPS) is 10.7. The minimum Gasteiger partial charge on any atom is -0.351 e. The van der Waals surface area contributed by atoms with Crippen LogP contribution in [0.5, 0.6) is 0 Å². The predicted octanol–water partition coefficient (Wildman–Crippen LogP) is 3.22. The van der Waals surface area contributed by atoms with Crippen LogP contribution in [0.1, 0.15) is 17.4 Å². The topological polar surface area (TPSA) is 44.9 Å². The van der Waals surface area contributed by atoms with Crippen molar-refractivity contribution in [3.63, 3.8) is 0 Å². The van der Waals surface area contributed by atoms with Gasteiger partial charge < -0.3 is 10.3 Å². The summed E-state index contributed by atoms with van der Waals surface area (Å²) >= 11 is 11.9. The molecule has 1 aromatic heterocycles. The third-order valence-electron chi connectivity index (χ3n) is 2.27. The number of H-pyrrole nitrogens is 1. The second kappa shape index (κ2) is 4.36. The maximum atomic E-state index is 11.6. The number of aromatic nitrogens is 1. The zero-order chi connectivity index (χ0) is 11.7. The van der Waals surface area contributed by atoms with Crippen LogP contribution in [0, 0.1) is 0 Å². The van der Waals surface area contributed by atoms with E-state index in [0.717, 1.165) is 5.39 Å². The van der Waals surface area contributed by atoms with Gasteiger partial charge in [-0.3, -0.25) is 4.79 Å². The summed E-state index contributed by atoms with van der Waals surface area (Å²) in [5.41, 5.74) is 1.18. The van der Waals surface area contributed by atoms with Gasteiger partial charge in [0, 0.05) is 11.9 Å². The van der Waals surface area contributed by atoms with E-state index in [2.05, 4.69) is 10.3 Å². The number of nitrogens with one attached hydrogen (secondary N) is 2. The number of halogens is 2. The van der Waals surface area contributed by atoms with Crippen molar-refractivity contribution in [1.29, 1.82) is 0 Å². The Hall–Kier alpha value is -1.19. The van der Waals surface area contributed by atoms with Gasteiger partial charge in [-0.2, -0.15) is 0 Å². The lowest BCUT2D eigenvalue weighted by Crippen LogP contribution is -2.22. The van der Waals surface area contributed by atoms with Gasteiger partial charge in [-0.05, 0) is 19.1 Å². The summed E-state index contributed by atoms with van der Waals surface area (Å²) in [6, 6.07) is 5.28. The molecule has 0 spiro atoms. The monoisotopic (exact) mass is 256 g/mol. The molecule has 0 fully saturated rings. The van der Waals surface area contributed by atoms with Gasteiger partial charge in [0.05, 0.1) is 15.6 Å². The molecule has 84 valence electrons. The van der Waals surface area contributed by atoms with Gasteiger partial charge in [-0.1, -0.05) is 29.3 Å². The number of hydrogen-bond donors (Lipinski definition) is 2. The fourth-order valence-corrected chi connectivity index (χ4v) is 1.89. The molecular formula is C11H10Cl2N2O. The molecule has 1 heterocycles. The molecule has 2 rings (SSSR count). The molecule has 0 radical (unpaired) electrons. The fourth-order valence-electron chi connectivity index (χ4n) is 1.52. The summed E-state index contributed by atoms with van der Waals surface area (Å²) in [4.78, 5) is 14.6. The second-order valence-electron chi connectivity index (χ2n) is 3.37. The molecule has 5 heteroatoms. The Kier molecular flexibility index (Phi) is 3.08. The predicted molar refractivity (Wildman–Crippen MR) is 66.3 cm³/mol. The van der Waals surface area contributed by atoms with Crippen LogP contribution >= 0.6 is 23.2 Å². The Balaban J connectivity index is 2.52. The molecule has 0 saturated heterocycles. The van der Waals surface area contributed by atoms with E-state index in [4.69, 9.17) is 23.2 Å². The number of amides is 1. The van der Waals surface area contributed by atoms with E-state index in [-0.39, 0.29) is 5.91 Å². The number of carbonyl (C=O) groups is 1. The van der Waals surface area contributed by atoms with E-state index in [1.54, 1.807) is 12.1 Å². The summed E-state index contributed by atoms with van der Waals surface area (Å²) in [6.45, 7) is 2.45. The number of fused-ring (bicyclic) bond motifs is 1. The van der Waals surface area contributed by atoms with Crippen LogP contribution in [0.15, 0.2) is 18.2 Å². The molecule has 0 aliphatic carbocycles. The quantitative estimate of drug-likeness (QED) is 0.852. The molecule has 0 aliphatic heterocycles. The van der Waals surface area contributed by atoms with Crippen molar-refractivity contribution in [2.24, 2.45) is 0 Å².